The number of likely N-dealkylation sites (N-methyl/N-ethyl adjacent to an activating group) is 1. The Bertz CT molecular complexity index is 846. The van der Waals surface area contributed by atoms with Crippen LogP contribution in [0.1, 0.15) is 26.3 Å². The third-order valence-corrected chi connectivity index (χ3v) is 4.20. The number of anilines is 1. The van der Waals surface area contributed by atoms with Crippen LogP contribution in [-0.4, -0.2) is 41.1 Å². The number of carbonyl (C=O) groups is 1. The summed E-state index contributed by atoms with van der Waals surface area (Å²) < 4.78 is 5.54. The lowest BCUT2D eigenvalue weighted by molar-refractivity contribution is -0.384. The molecule has 0 atom stereocenters. The monoisotopic (exact) mass is 384 g/mol. The van der Waals surface area contributed by atoms with Gasteiger partial charge in [-0.05, 0) is 56.7 Å². The van der Waals surface area contributed by atoms with Crippen LogP contribution < -0.4 is 10.2 Å². The Morgan fingerprint density at radius 2 is 1.79 bits per heavy atom. The number of hydrogen-bond donors (Lipinski definition) is 1. The summed E-state index contributed by atoms with van der Waals surface area (Å²) in [5, 5.41) is 15.3. The van der Waals surface area contributed by atoms with Crippen molar-refractivity contribution >= 4 is 23.0 Å². The quantitative estimate of drug-likeness (QED) is 0.404. The first-order chi connectivity index (χ1) is 13.5. The van der Waals surface area contributed by atoms with Gasteiger partial charge in [-0.1, -0.05) is 12.1 Å². The predicted octanol–water partition coefficient (Wildman–Crippen LogP) is 3.68. The van der Waals surface area contributed by atoms with Crippen molar-refractivity contribution in [3.8, 4) is 5.75 Å². The highest BCUT2D eigenvalue weighted by Crippen LogP contribution is 2.23. The fraction of sp³-hybridized carbons (Fsp3) is 0.300. The van der Waals surface area contributed by atoms with Crippen LogP contribution in [0.25, 0.3) is 0 Å². The Hall–Kier alpha value is -3.42. The first-order valence-corrected chi connectivity index (χ1v) is 9.01. The van der Waals surface area contributed by atoms with Crippen LogP contribution in [0, 0.1) is 10.1 Å². The Kier molecular flexibility index (Phi) is 7.50. The van der Waals surface area contributed by atoms with E-state index in [0.29, 0.717) is 30.2 Å². The Labute approximate surface area is 164 Å². The molecule has 2 rings (SSSR count). The van der Waals surface area contributed by atoms with Crippen LogP contribution in [0.3, 0.4) is 0 Å². The van der Waals surface area contributed by atoms with E-state index in [9.17, 15) is 14.9 Å². The predicted molar refractivity (Wildman–Crippen MR) is 109 cm³/mol. The third kappa shape index (κ3) is 5.54. The molecule has 8 heteroatoms. The zero-order valence-electron chi connectivity index (χ0n) is 16.2. The second-order valence-electron chi connectivity index (χ2n) is 5.96. The van der Waals surface area contributed by atoms with E-state index in [4.69, 9.17) is 4.74 Å². The number of nitrogens with one attached hydrogen (secondary N) is 1. The van der Waals surface area contributed by atoms with E-state index >= 15 is 0 Å². The van der Waals surface area contributed by atoms with Crippen molar-refractivity contribution in [1.82, 2.24) is 4.90 Å². The standard InChI is InChI=1S/C20H24N4O4/c1-4-23(5-2)20(25)14-28-17-12-10-16(11-13-17)15(3)21-22-18-8-6-7-9-19(18)24(26)27/h6-13,22H,4-5,14H2,1-3H3. The number of carbonyl (C=O) groups excluding carboxylic acids is 1. The third-order valence-electron chi connectivity index (χ3n) is 4.20. The van der Waals surface area contributed by atoms with Crippen LogP contribution in [0.4, 0.5) is 11.4 Å². The van der Waals surface area contributed by atoms with Crippen molar-refractivity contribution < 1.29 is 14.5 Å². The highest BCUT2D eigenvalue weighted by Gasteiger charge is 2.12. The zero-order chi connectivity index (χ0) is 20.5. The molecule has 0 saturated carbocycles. The normalized spacial score (nSPS) is 11.0. The zero-order valence-corrected chi connectivity index (χ0v) is 16.2. The molecule has 0 aliphatic heterocycles. The SMILES string of the molecule is CCN(CC)C(=O)COc1ccc(C(C)=NNc2ccccc2[N+](=O)[O-])cc1. The van der Waals surface area contributed by atoms with Crippen molar-refractivity contribution in [1.29, 1.82) is 0 Å². The summed E-state index contributed by atoms with van der Waals surface area (Å²) in [6, 6.07) is 13.5. The van der Waals surface area contributed by atoms with E-state index in [-0.39, 0.29) is 18.2 Å². The summed E-state index contributed by atoms with van der Waals surface area (Å²) in [4.78, 5) is 24.3. The van der Waals surface area contributed by atoms with E-state index in [1.165, 1.54) is 6.07 Å². The number of benzene rings is 2. The highest BCUT2D eigenvalue weighted by atomic mass is 16.6. The first kappa shape index (κ1) is 20.9. The van der Waals surface area contributed by atoms with Gasteiger partial charge in [-0.2, -0.15) is 5.10 Å². The van der Waals surface area contributed by atoms with Gasteiger partial charge in [-0.3, -0.25) is 20.3 Å². The number of ether oxygens (including phenoxy) is 1. The van der Waals surface area contributed by atoms with Gasteiger partial charge in [0, 0.05) is 19.2 Å². The average molecular weight is 384 g/mol. The van der Waals surface area contributed by atoms with Crippen molar-refractivity contribution in [2.45, 2.75) is 20.8 Å². The average Bonchev–Trinajstić information content (AvgIpc) is 2.71. The molecule has 2 aromatic rings. The molecular weight excluding hydrogens is 360 g/mol. The molecule has 0 aliphatic rings. The molecule has 0 fully saturated rings. The van der Waals surface area contributed by atoms with E-state index in [1.54, 1.807) is 42.2 Å². The van der Waals surface area contributed by atoms with Crippen molar-refractivity contribution in [2.24, 2.45) is 5.10 Å². The lowest BCUT2D eigenvalue weighted by atomic mass is 10.1. The number of hydrazone groups is 1. The van der Waals surface area contributed by atoms with Gasteiger partial charge in [0.2, 0.25) is 0 Å². The van der Waals surface area contributed by atoms with Gasteiger partial charge in [-0.15, -0.1) is 0 Å². The number of rotatable bonds is 9. The van der Waals surface area contributed by atoms with Crippen LogP contribution in [-0.2, 0) is 4.79 Å². The maximum Gasteiger partial charge on any atom is 0.294 e. The number of nitrogens with zero attached hydrogens (tertiary/aromatic N) is 3. The summed E-state index contributed by atoms with van der Waals surface area (Å²) >= 11 is 0. The minimum absolute atomic E-state index is 0.00662. The molecule has 0 heterocycles. The van der Waals surface area contributed by atoms with Gasteiger partial charge in [0.05, 0.1) is 10.6 Å². The van der Waals surface area contributed by atoms with E-state index < -0.39 is 4.92 Å². The van der Waals surface area contributed by atoms with Crippen molar-refractivity contribution in [3.63, 3.8) is 0 Å². The lowest BCUT2D eigenvalue weighted by Gasteiger charge is -2.18. The molecular formula is C20H24N4O4. The van der Waals surface area contributed by atoms with E-state index in [0.717, 1.165) is 5.56 Å². The summed E-state index contributed by atoms with van der Waals surface area (Å²) in [5.74, 6) is 0.532. The molecule has 0 saturated heterocycles. The largest absolute Gasteiger partial charge is 0.484 e. The van der Waals surface area contributed by atoms with Gasteiger partial charge in [0.1, 0.15) is 11.4 Å². The molecule has 8 nitrogen and oxygen atoms in total. The fourth-order valence-corrected chi connectivity index (χ4v) is 2.54. The van der Waals surface area contributed by atoms with Crippen LogP contribution in [0.2, 0.25) is 0 Å². The number of para-hydroxylation sites is 2. The number of amides is 1. The number of hydrogen-bond acceptors (Lipinski definition) is 6. The molecule has 0 unspecified atom stereocenters. The topological polar surface area (TPSA) is 97.1 Å². The molecule has 0 bridgehead atoms. The smallest absolute Gasteiger partial charge is 0.294 e. The Balaban J connectivity index is 2.00. The maximum atomic E-state index is 12.0. The molecule has 1 N–H and O–H groups in total. The molecule has 148 valence electrons. The Morgan fingerprint density at radius 3 is 2.39 bits per heavy atom. The van der Waals surface area contributed by atoms with Crippen LogP contribution in [0.5, 0.6) is 5.75 Å². The van der Waals surface area contributed by atoms with Crippen molar-refractivity contribution in [2.75, 3.05) is 25.1 Å². The summed E-state index contributed by atoms with van der Waals surface area (Å²) in [6.45, 7) is 6.95. The Morgan fingerprint density at radius 1 is 1.14 bits per heavy atom. The first-order valence-electron chi connectivity index (χ1n) is 9.01. The highest BCUT2D eigenvalue weighted by molar-refractivity contribution is 5.99. The molecule has 1 amide bonds. The maximum absolute atomic E-state index is 12.0. The van der Waals surface area contributed by atoms with E-state index in [2.05, 4.69) is 10.5 Å². The summed E-state index contributed by atoms with van der Waals surface area (Å²) in [6.07, 6.45) is 0. The second kappa shape index (κ2) is 10.1. The lowest BCUT2D eigenvalue weighted by Crippen LogP contribution is -2.34. The number of nitro benzene ring substituents is 1. The van der Waals surface area contributed by atoms with Gasteiger partial charge < -0.3 is 9.64 Å². The van der Waals surface area contributed by atoms with E-state index in [1.807, 2.05) is 26.0 Å². The van der Waals surface area contributed by atoms with Crippen molar-refractivity contribution in [3.05, 3.63) is 64.2 Å². The summed E-state index contributed by atoms with van der Waals surface area (Å²) in [5.41, 5.74) is 4.50. The molecule has 2 aromatic carbocycles. The van der Waals surface area contributed by atoms with Gasteiger partial charge in [-0.25, -0.2) is 0 Å². The molecule has 0 aromatic heterocycles. The van der Waals surface area contributed by atoms with Crippen LogP contribution >= 0.6 is 0 Å². The minimum Gasteiger partial charge on any atom is -0.484 e. The summed E-state index contributed by atoms with van der Waals surface area (Å²) in [7, 11) is 0. The minimum atomic E-state index is -0.460. The second-order valence-corrected chi connectivity index (χ2v) is 5.96. The van der Waals surface area contributed by atoms with Crippen LogP contribution in [0.15, 0.2) is 53.6 Å². The molecule has 28 heavy (non-hydrogen) atoms. The van der Waals surface area contributed by atoms with Gasteiger partial charge >= 0.3 is 0 Å². The number of nitro groups is 1. The molecule has 0 aliphatic carbocycles. The fourth-order valence-electron chi connectivity index (χ4n) is 2.54. The van der Waals surface area contributed by atoms with Gasteiger partial charge in [0.25, 0.3) is 11.6 Å². The van der Waals surface area contributed by atoms with Gasteiger partial charge in [0.15, 0.2) is 6.61 Å². The molecule has 0 spiro atoms. The molecule has 0 radical (unpaired) electrons.